The minimum Gasteiger partial charge on any atom is -0.493 e. The van der Waals surface area contributed by atoms with Crippen LogP contribution in [0.3, 0.4) is 0 Å². The first-order valence-corrected chi connectivity index (χ1v) is 6.20. The number of carboxylic acids is 1. The molecule has 1 amide bonds. The van der Waals surface area contributed by atoms with Gasteiger partial charge >= 0.3 is 5.97 Å². The topological polar surface area (TPSA) is 111 Å². The van der Waals surface area contributed by atoms with E-state index in [2.05, 4.69) is 10.5 Å². The van der Waals surface area contributed by atoms with Crippen LogP contribution in [0, 0.1) is 6.92 Å². The lowest BCUT2D eigenvalue weighted by atomic mass is 10.1. The smallest absolute Gasteiger partial charge is 0.337 e. The number of amides is 1. The molecule has 0 unspecified atom stereocenters. The van der Waals surface area contributed by atoms with Gasteiger partial charge in [0.1, 0.15) is 5.76 Å². The molecule has 2 N–H and O–H groups in total. The number of hydrogen-bond acceptors (Lipinski definition) is 6. The summed E-state index contributed by atoms with van der Waals surface area (Å²) >= 11 is 0. The minimum absolute atomic E-state index is 0.0450. The van der Waals surface area contributed by atoms with Gasteiger partial charge in [-0.2, -0.15) is 0 Å². The number of carboxylic acid groups (broad SMARTS) is 1. The van der Waals surface area contributed by atoms with E-state index in [0.29, 0.717) is 11.5 Å². The van der Waals surface area contributed by atoms with Crippen molar-refractivity contribution >= 4 is 17.6 Å². The van der Waals surface area contributed by atoms with Gasteiger partial charge in [-0.25, -0.2) is 4.79 Å². The van der Waals surface area contributed by atoms with Gasteiger partial charge in [0.25, 0.3) is 5.91 Å². The molecule has 8 heteroatoms. The first-order valence-electron chi connectivity index (χ1n) is 6.20. The van der Waals surface area contributed by atoms with Gasteiger partial charge in [0.2, 0.25) is 0 Å². The van der Waals surface area contributed by atoms with Gasteiger partial charge < -0.3 is 24.4 Å². The number of ether oxygens (including phenoxy) is 2. The van der Waals surface area contributed by atoms with E-state index in [0.717, 1.165) is 0 Å². The third-order valence-electron chi connectivity index (χ3n) is 2.86. The Morgan fingerprint density at radius 2 is 1.82 bits per heavy atom. The predicted molar refractivity (Wildman–Crippen MR) is 75.7 cm³/mol. The molecule has 2 aromatic rings. The van der Waals surface area contributed by atoms with Crippen molar-refractivity contribution in [1.82, 2.24) is 5.16 Å². The number of aromatic carboxylic acids is 1. The summed E-state index contributed by atoms with van der Waals surface area (Å²) < 4.78 is 15.0. The average molecular weight is 306 g/mol. The summed E-state index contributed by atoms with van der Waals surface area (Å²) in [5, 5.41) is 15.3. The van der Waals surface area contributed by atoms with Crippen LogP contribution in [0.1, 0.15) is 26.6 Å². The molecule has 0 aliphatic rings. The molecular formula is C14H14N2O6. The summed E-state index contributed by atoms with van der Waals surface area (Å²) in [5.74, 6) is -0.801. The fourth-order valence-electron chi connectivity index (χ4n) is 1.82. The van der Waals surface area contributed by atoms with Gasteiger partial charge in [-0.15, -0.1) is 0 Å². The summed E-state index contributed by atoms with van der Waals surface area (Å²) in [5.41, 5.74) is -0.0226. The number of carbonyl (C=O) groups excluding carboxylic acids is 1. The van der Waals surface area contributed by atoms with Gasteiger partial charge in [-0.3, -0.25) is 4.79 Å². The highest BCUT2D eigenvalue weighted by molar-refractivity contribution is 6.07. The van der Waals surface area contributed by atoms with Crippen molar-refractivity contribution in [2.24, 2.45) is 0 Å². The number of hydrogen-bond donors (Lipinski definition) is 2. The molecule has 0 saturated carbocycles. The number of methoxy groups -OCH3 is 2. The van der Waals surface area contributed by atoms with Crippen molar-refractivity contribution in [2.45, 2.75) is 6.92 Å². The first kappa shape index (κ1) is 15.4. The number of anilines is 1. The van der Waals surface area contributed by atoms with E-state index in [1.54, 1.807) is 6.92 Å². The van der Waals surface area contributed by atoms with Gasteiger partial charge in [-0.1, -0.05) is 5.16 Å². The highest BCUT2D eigenvalue weighted by Gasteiger charge is 2.19. The van der Waals surface area contributed by atoms with Crippen LogP contribution in [0.15, 0.2) is 22.7 Å². The molecule has 0 bridgehead atoms. The van der Waals surface area contributed by atoms with Crippen molar-refractivity contribution in [2.75, 3.05) is 19.5 Å². The molecule has 8 nitrogen and oxygen atoms in total. The number of nitrogens with one attached hydrogen (secondary N) is 1. The number of carbonyl (C=O) groups is 2. The summed E-state index contributed by atoms with van der Waals surface area (Å²) in [4.78, 5) is 23.4. The van der Waals surface area contributed by atoms with Crippen LogP contribution in [0.4, 0.5) is 5.69 Å². The Morgan fingerprint density at radius 3 is 2.32 bits per heavy atom. The Hall–Kier alpha value is -3.03. The highest BCUT2D eigenvalue weighted by Crippen LogP contribution is 2.33. The van der Waals surface area contributed by atoms with Crippen LogP contribution < -0.4 is 14.8 Å². The molecule has 1 aromatic heterocycles. The molecule has 2 rings (SSSR count). The molecule has 0 atom stereocenters. The van der Waals surface area contributed by atoms with Crippen LogP contribution in [0.5, 0.6) is 11.5 Å². The summed E-state index contributed by atoms with van der Waals surface area (Å²) in [6.45, 7) is 1.64. The Bertz CT molecular complexity index is 722. The van der Waals surface area contributed by atoms with Crippen LogP contribution in [-0.2, 0) is 0 Å². The lowest BCUT2D eigenvalue weighted by Gasteiger charge is -2.13. The molecule has 0 aliphatic heterocycles. The largest absolute Gasteiger partial charge is 0.493 e. The molecular weight excluding hydrogens is 292 g/mol. The second-order valence-electron chi connectivity index (χ2n) is 4.33. The van der Waals surface area contributed by atoms with E-state index in [4.69, 9.17) is 14.0 Å². The number of rotatable bonds is 5. The normalized spacial score (nSPS) is 10.1. The number of nitrogens with zero attached hydrogens (tertiary/aromatic N) is 1. The maximum atomic E-state index is 12.1. The van der Waals surface area contributed by atoms with Crippen molar-refractivity contribution in [3.8, 4) is 11.5 Å². The van der Waals surface area contributed by atoms with E-state index in [-0.39, 0.29) is 22.7 Å². The second-order valence-corrected chi connectivity index (χ2v) is 4.33. The monoisotopic (exact) mass is 306 g/mol. The lowest BCUT2D eigenvalue weighted by Crippen LogP contribution is -2.15. The van der Waals surface area contributed by atoms with Gasteiger partial charge in [0, 0.05) is 18.2 Å². The Kier molecular flexibility index (Phi) is 4.31. The van der Waals surface area contributed by atoms with Crippen molar-refractivity contribution in [1.29, 1.82) is 0 Å². The molecule has 0 aliphatic carbocycles. The van der Waals surface area contributed by atoms with Crippen molar-refractivity contribution in [3.05, 3.63) is 35.2 Å². The predicted octanol–water partition coefficient (Wildman–Crippen LogP) is 1.95. The first-order chi connectivity index (χ1) is 10.5. The fraction of sp³-hybridized carbons (Fsp3) is 0.214. The third-order valence-corrected chi connectivity index (χ3v) is 2.86. The van der Waals surface area contributed by atoms with Gasteiger partial charge in [0.05, 0.1) is 25.5 Å². The zero-order valence-electron chi connectivity index (χ0n) is 12.2. The Balaban J connectivity index is 2.40. The SMILES string of the molecule is COc1cc(NC(=O)c2cc(C)on2)c(C(=O)O)cc1OC. The van der Waals surface area contributed by atoms with Crippen molar-refractivity contribution < 1.29 is 28.7 Å². The number of aryl methyl sites for hydroxylation is 1. The maximum absolute atomic E-state index is 12.1. The minimum atomic E-state index is -1.22. The maximum Gasteiger partial charge on any atom is 0.337 e. The average Bonchev–Trinajstić information content (AvgIpc) is 2.93. The van der Waals surface area contributed by atoms with E-state index in [1.807, 2.05) is 0 Å². The molecule has 22 heavy (non-hydrogen) atoms. The van der Waals surface area contributed by atoms with Crippen LogP contribution >= 0.6 is 0 Å². The molecule has 116 valence electrons. The summed E-state index contributed by atoms with van der Waals surface area (Å²) in [6, 6.07) is 4.08. The fourth-order valence-corrected chi connectivity index (χ4v) is 1.82. The number of benzene rings is 1. The highest BCUT2D eigenvalue weighted by atomic mass is 16.5. The van der Waals surface area contributed by atoms with E-state index >= 15 is 0 Å². The molecule has 0 spiro atoms. The van der Waals surface area contributed by atoms with Gasteiger partial charge in [-0.05, 0) is 6.92 Å². The van der Waals surface area contributed by atoms with Crippen LogP contribution in [0.25, 0.3) is 0 Å². The Labute approximate surface area is 125 Å². The lowest BCUT2D eigenvalue weighted by molar-refractivity contribution is 0.0697. The zero-order chi connectivity index (χ0) is 16.3. The Morgan fingerprint density at radius 1 is 1.18 bits per heavy atom. The molecule has 0 saturated heterocycles. The molecule has 0 radical (unpaired) electrons. The molecule has 1 aromatic carbocycles. The molecule has 0 fully saturated rings. The van der Waals surface area contributed by atoms with E-state index < -0.39 is 11.9 Å². The number of aromatic nitrogens is 1. The standard InChI is InChI=1S/C14H14N2O6/c1-7-4-10(16-22-7)13(17)15-9-6-12(21-3)11(20-2)5-8(9)14(18)19/h4-6H,1-3H3,(H,15,17)(H,18,19). The quantitative estimate of drug-likeness (QED) is 0.868. The van der Waals surface area contributed by atoms with Crippen LogP contribution in [-0.4, -0.2) is 36.4 Å². The van der Waals surface area contributed by atoms with Gasteiger partial charge in [0.15, 0.2) is 17.2 Å². The third kappa shape index (κ3) is 3.00. The second kappa shape index (κ2) is 6.17. The summed E-state index contributed by atoms with van der Waals surface area (Å²) in [7, 11) is 2.80. The zero-order valence-corrected chi connectivity index (χ0v) is 12.2. The molecule has 1 heterocycles. The van der Waals surface area contributed by atoms with Crippen LogP contribution in [0.2, 0.25) is 0 Å². The van der Waals surface area contributed by atoms with Crippen molar-refractivity contribution in [3.63, 3.8) is 0 Å². The summed E-state index contributed by atoms with van der Waals surface area (Å²) in [6.07, 6.45) is 0. The van der Waals surface area contributed by atoms with E-state index in [1.165, 1.54) is 32.4 Å². The van der Waals surface area contributed by atoms with E-state index in [9.17, 15) is 14.7 Å².